The van der Waals surface area contributed by atoms with Crippen molar-refractivity contribution in [3.8, 4) is 0 Å². The van der Waals surface area contributed by atoms with E-state index in [1.165, 1.54) is 51.9 Å². The zero-order valence-corrected chi connectivity index (χ0v) is 20.0. The van der Waals surface area contributed by atoms with Gasteiger partial charge in [-0.1, -0.05) is 78.7 Å². The molecule has 1 saturated carbocycles. The lowest BCUT2D eigenvalue weighted by Gasteiger charge is -2.27. The number of allylic oxidation sites excluding steroid dienone is 2. The lowest BCUT2D eigenvalue weighted by atomic mass is 9.79. The first-order valence-electron chi connectivity index (χ1n) is 11.7. The van der Waals surface area contributed by atoms with Gasteiger partial charge in [0.05, 0.1) is 0 Å². The smallest absolute Gasteiger partial charge is 0.155 e. The highest BCUT2D eigenvalue weighted by molar-refractivity contribution is 5.89. The zero-order chi connectivity index (χ0) is 23.4. The van der Waals surface area contributed by atoms with Crippen LogP contribution in [-0.4, -0.2) is 12.1 Å². The number of carbonyl (C=O) groups excluding carboxylic acids is 2. The van der Waals surface area contributed by atoms with Crippen LogP contribution < -0.4 is 0 Å². The highest BCUT2D eigenvalue weighted by Gasteiger charge is 2.19. The lowest BCUT2D eigenvalue weighted by molar-refractivity contribution is -0.114. The van der Waals surface area contributed by atoms with E-state index in [0.717, 1.165) is 36.8 Å². The standard InChI is InChI=1S/C19H34O.C8H6F2O.H2/c1-5-16-10-12-17(13-11-16)8-6-7-9-18(20)14-15-19(2,3)4;1-5-6(4-11)2-7(9)3-8(5)10;/h14-17H,5-13H2,1-4H3;2-4H,1H3;1H/b15-14-;;. The molecule has 0 bridgehead atoms. The zero-order valence-electron chi connectivity index (χ0n) is 20.0. The van der Waals surface area contributed by atoms with Crippen molar-refractivity contribution < 1.29 is 19.8 Å². The number of ketones is 1. The summed E-state index contributed by atoms with van der Waals surface area (Å²) in [6.07, 6.45) is 15.7. The first-order valence-corrected chi connectivity index (χ1v) is 11.7. The Labute approximate surface area is 189 Å². The second-order valence-electron chi connectivity index (χ2n) is 9.93. The molecule has 0 unspecified atom stereocenters. The molecule has 0 amide bonds. The summed E-state index contributed by atoms with van der Waals surface area (Å²) in [5.74, 6) is 0.824. The first-order chi connectivity index (χ1) is 14.6. The normalized spacial score (nSPS) is 19.1. The highest BCUT2D eigenvalue weighted by Crippen LogP contribution is 2.33. The third-order valence-corrected chi connectivity index (χ3v) is 6.07. The molecular formula is C27H42F2O2. The molecule has 1 aliphatic carbocycles. The molecule has 0 spiro atoms. The largest absolute Gasteiger partial charge is 0.298 e. The summed E-state index contributed by atoms with van der Waals surface area (Å²) in [5.41, 5.74) is 0.358. The Morgan fingerprint density at radius 3 is 2.26 bits per heavy atom. The molecule has 4 heteroatoms. The van der Waals surface area contributed by atoms with E-state index in [4.69, 9.17) is 0 Å². The van der Waals surface area contributed by atoms with Gasteiger partial charge >= 0.3 is 0 Å². The summed E-state index contributed by atoms with van der Waals surface area (Å²) in [5, 5.41) is 0. The van der Waals surface area contributed by atoms with Crippen LogP contribution in [0.3, 0.4) is 0 Å². The van der Waals surface area contributed by atoms with Crippen LogP contribution in [0.4, 0.5) is 8.78 Å². The average Bonchev–Trinajstić information content (AvgIpc) is 2.72. The van der Waals surface area contributed by atoms with Crippen molar-refractivity contribution in [2.24, 2.45) is 17.3 Å². The van der Waals surface area contributed by atoms with Gasteiger partial charge in [0.15, 0.2) is 12.1 Å². The number of hydrogen-bond acceptors (Lipinski definition) is 2. The minimum atomic E-state index is -0.727. The Balaban J connectivity index is 0.000000679. The molecule has 176 valence electrons. The summed E-state index contributed by atoms with van der Waals surface area (Å²) >= 11 is 0. The minimum Gasteiger partial charge on any atom is -0.298 e. The minimum absolute atomic E-state index is 0. The van der Waals surface area contributed by atoms with Crippen LogP contribution in [0.25, 0.3) is 0 Å². The van der Waals surface area contributed by atoms with Gasteiger partial charge < -0.3 is 0 Å². The topological polar surface area (TPSA) is 34.1 Å². The van der Waals surface area contributed by atoms with E-state index in [-0.39, 0.29) is 18.0 Å². The summed E-state index contributed by atoms with van der Waals surface area (Å²) in [7, 11) is 0. The average molecular weight is 437 g/mol. The maximum Gasteiger partial charge on any atom is 0.155 e. The molecule has 0 heterocycles. The van der Waals surface area contributed by atoms with E-state index < -0.39 is 11.6 Å². The van der Waals surface area contributed by atoms with Gasteiger partial charge in [-0.3, -0.25) is 9.59 Å². The molecule has 1 aromatic carbocycles. The summed E-state index contributed by atoms with van der Waals surface area (Å²) in [6.45, 7) is 10.1. The highest BCUT2D eigenvalue weighted by atomic mass is 19.1. The number of rotatable bonds is 8. The van der Waals surface area contributed by atoms with Gasteiger partial charge in [0.25, 0.3) is 0 Å². The number of benzene rings is 1. The molecule has 2 rings (SSSR count). The Kier molecular flexibility index (Phi) is 11.9. The van der Waals surface area contributed by atoms with Crippen molar-refractivity contribution in [3.63, 3.8) is 0 Å². The van der Waals surface area contributed by atoms with E-state index in [2.05, 4.69) is 27.7 Å². The van der Waals surface area contributed by atoms with Crippen molar-refractivity contribution in [2.45, 2.75) is 92.4 Å². The summed E-state index contributed by atoms with van der Waals surface area (Å²) in [6, 6.07) is 1.76. The second kappa shape index (κ2) is 13.5. The van der Waals surface area contributed by atoms with Gasteiger partial charge in [0, 0.05) is 19.5 Å². The Morgan fingerprint density at radius 1 is 1.10 bits per heavy atom. The number of hydrogen-bond donors (Lipinski definition) is 0. The van der Waals surface area contributed by atoms with Crippen molar-refractivity contribution in [3.05, 3.63) is 47.0 Å². The van der Waals surface area contributed by atoms with Crippen LogP contribution >= 0.6 is 0 Å². The van der Waals surface area contributed by atoms with E-state index in [0.29, 0.717) is 12.1 Å². The lowest BCUT2D eigenvalue weighted by Crippen LogP contribution is -2.13. The Bertz CT molecular complexity index is 730. The van der Waals surface area contributed by atoms with E-state index >= 15 is 0 Å². The summed E-state index contributed by atoms with van der Waals surface area (Å²) in [4.78, 5) is 21.9. The molecular weight excluding hydrogens is 394 g/mol. The third kappa shape index (κ3) is 11.4. The molecule has 0 radical (unpaired) electrons. The molecule has 1 aliphatic rings. The van der Waals surface area contributed by atoms with Crippen LogP contribution in [0.5, 0.6) is 0 Å². The van der Waals surface area contributed by atoms with Crippen LogP contribution in [0.1, 0.15) is 103 Å². The maximum atomic E-state index is 12.6. The Hall–Kier alpha value is -1.84. The third-order valence-electron chi connectivity index (χ3n) is 6.07. The van der Waals surface area contributed by atoms with E-state index in [9.17, 15) is 18.4 Å². The van der Waals surface area contributed by atoms with Gasteiger partial charge in [0.2, 0.25) is 0 Å². The van der Waals surface area contributed by atoms with Gasteiger partial charge in [-0.2, -0.15) is 0 Å². The maximum absolute atomic E-state index is 12.6. The predicted molar refractivity (Wildman–Crippen MR) is 126 cm³/mol. The fourth-order valence-electron chi connectivity index (χ4n) is 3.88. The first kappa shape index (κ1) is 27.2. The van der Waals surface area contributed by atoms with Gasteiger partial charge in [-0.25, -0.2) is 8.78 Å². The molecule has 0 aromatic heterocycles. The quantitative estimate of drug-likeness (QED) is 0.233. The van der Waals surface area contributed by atoms with E-state index in [1.54, 1.807) is 6.08 Å². The SMILES string of the molecule is CCC1CCC(CCCCC(=O)/C=C\C(C)(C)C)CC1.Cc1c(F)cc(F)cc1C=O.[HH]. The van der Waals surface area contributed by atoms with Crippen molar-refractivity contribution in [2.75, 3.05) is 0 Å². The molecule has 0 saturated heterocycles. The Morgan fingerprint density at radius 2 is 1.71 bits per heavy atom. The van der Waals surface area contributed by atoms with Crippen LogP contribution in [0.15, 0.2) is 24.3 Å². The van der Waals surface area contributed by atoms with Crippen LogP contribution in [-0.2, 0) is 4.79 Å². The number of halogens is 2. The van der Waals surface area contributed by atoms with Gasteiger partial charge in [0.1, 0.15) is 11.6 Å². The van der Waals surface area contributed by atoms with Gasteiger partial charge in [-0.15, -0.1) is 0 Å². The molecule has 31 heavy (non-hydrogen) atoms. The van der Waals surface area contributed by atoms with Crippen LogP contribution in [0.2, 0.25) is 0 Å². The number of unbranched alkanes of at least 4 members (excludes halogenated alkanes) is 1. The monoisotopic (exact) mass is 436 g/mol. The molecule has 1 fully saturated rings. The second-order valence-corrected chi connectivity index (χ2v) is 9.93. The van der Waals surface area contributed by atoms with Crippen molar-refractivity contribution in [1.29, 1.82) is 0 Å². The molecule has 2 nitrogen and oxygen atoms in total. The van der Waals surface area contributed by atoms with Crippen molar-refractivity contribution in [1.82, 2.24) is 0 Å². The molecule has 0 atom stereocenters. The fraction of sp³-hybridized carbons (Fsp3) is 0.630. The van der Waals surface area contributed by atoms with Crippen molar-refractivity contribution >= 4 is 12.1 Å². The van der Waals surface area contributed by atoms with E-state index in [1.807, 2.05) is 6.08 Å². The number of aldehydes is 1. The number of carbonyl (C=O) groups is 2. The fourth-order valence-corrected chi connectivity index (χ4v) is 3.88. The summed E-state index contributed by atoms with van der Waals surface area (Å²) < 4.78 is 25.0. The predicted octanol–water partition coefficient (Wildman–Crippen LogP) is 8.27. The van der Waals surface area contributed by atoms with Crippen LogP contribution in [0, 0.1) is 35.8 Å². The van der Waals surface area contributed by atoms with Gasteiger partial charge in [-0.05, 0) is 48.3 Å². The molecule has 0 aliphatic heterocycles. The molecule has 1 aromatic rings. The molecule has 0 N–H and O–H groups in total.